The lowest BCUT2D eigenvalue weighted by atomic mass is 9.96. The zero-order valence-electron chi connectivity index (χ0n) is 7.86. The average Bonchev–Trinajstić information content (AvgIpc) is 2.84. The fraction of sp³-hybridized carbons (Fsp3) is 0.556. The maximum Gasteiger partial charge on any atom is 0.335 e. The number of ether oxygens (including phenoxy) is 1. The third-order valence-corrected chi connectivity index (χ3v) is 2.77. The Morgan fingerprint density at radius 2 is 2.50 bits per heavy atom. The monoisotopic (exact) mass is 196 g/mol. The Labute approximate surface area is 81.1 Å². The molecule has 0 aromatic carbocycles. The second-order valence-corrected chi connectivity index (χ2v) is 3.55. The minimum Gasteiger partial charge on any atom is -0.467 e. The molecule has 1 aliphatic rings. The molecule has 0 bridgehead atoms. The van der Waals surface area contributed by atoms with Crippen molar-refractivity contribution >= 4 is 5.97 Å². The quantitative estimate of drug-likeness (QED) is 0.666. The minimum absolute atomic E-state index is 0.483. The van der Waals surface area contributed by atoms with Crippen molar-refractivity contribution in [1.82, 2.24) is 9.97 Å². The van der Waals surface area contributed by atoms with Crippen LogP contribution in [-0.4, -0.2) is 34.3 Å². The molecule has 1 aliphatic carbocycles. The number of H-pyrrole nitrogens is 1. The van der Waals surface area contributed by atoms with E-state index in [1.807, 2.05) is 0 Å². The number of esters is 1. The first kappa shape index (κ1) is 9.21. The number of nitrogens with one attached hydrogen (secondary N) is 1. The van der Waals surface area contributed by atoms with Gasteiger partial charge < -0.3 is 14.8 Å². The van der Waals surface area contributed by atoms with Gasteiger partial charge in [-0.2, -0.15) is 0 Å². The Morgan fingerprint density at radius 1 is 1.79 bits per heavy atom. The summed E-state index contributed by atoms with van der Waals surface area (Å²) < 4.78 is 4.51. The Morgan fingerprint density at radius 3 is 2.93 bits per heavy atom. The van der Waals surface area contributed by atoms with Crippen LogP contribution in [0.4, 0.5) is 0 Å². The van der Waals surface area contributed by atoms with Gasteiger partial charge in [0.15, 0.2) is 6.10 Å². The first-order valence-electron chi connectivity index (χ1n) is 4.45. The molecule has 1 saturated carbocycles. The van der Waals surface area contributed by atoms with Gasteiger partial charge in [0, 0.05) is 17.3 Å². The topological polar surface area (TPSA) is 75.2 Å². The maximum atomic E-state index is 11.2. The normalized spacial score (nSPS) is 20.1. The molecule has 5 nitrogen and oxygen atoms in total. The van der Waals surface area contributed by atoms with Gasteiger partial charge in [-0.1, -0.05) is 0 Å². The molecule has 2 N–H and O–H groups in total. The summed E-state index contributed by atoms with van der Waals surface area (Å²) in [7, 11) is 1.27. The fourth-order valence-electron chi connectivity index (χ4n) is 1.69. The molecule has 76 valence electrons. The highest BCUT2D eigenvalue weighted by atomic mass is 16.5. The Kier molecular flexibility index (Phi) is 2.03. The van der Waals surface area contributed by atoms with Crippen molar-refractivity contribution in [2.75, 3.05) is 7.11 Å². The highest BCUT2D eigenvalue weighted by molar-refractivity contribution is 5.77. The first-order chi connectivity index (χ1) is 6.70. The van der Waals surface area contributed by atoms with Crippen LogP contribution in [0.1, 0.15) is 18.5 Å². The maximum absolute atomic E-state index is 11.2. The first-order valence-corrected chi connectivity index (χ1v) is 4.45. The molecule has 0 saturated heterocycles. The van der Waals surface area contributed by atoms with Gasteiger partial charge in [-0.3, -0.25) is 0 Å². The van der Waals surface area contributed by atoms with Gasteiger partial charge in [-0.05, 0) is 12.8 Å². The Balaban J connectivity index is 2.21. The predicted molar refractivity (Wildman–Crippen MR) is 47.5 cm³/mol. The number of carbonyl (C=O) groups excluding carboxylic acids is 1. The van der Waals surface area contributed by atoms with Crippen molar-refractivity contribution in [1.29, 1.82) is 0 Å². The van der Waals surface area contributed by atoms with E-state index >= 15 is 0 Å². The van der Waals surface area contributed by atoms with E-state index in [-0.39, 0.29) is 0 Å². The van der Waals surface area contributed by atoms with Crippen molar-refractivity contribution in [3.8, 4) is 0 Å². The molecule has 1 aromatic heterocycles. The summed E-state index contributed by atoms with van der Waals surface area (Å²) in [4.78, 5) is 18.0. The van der Waals surface area contributed by atoms with Crippen LogP contribution in [0.15, 0.2) is 12.5 Å². The molecule has 1 unspecified atom stereocenters. The number of aliphatic hydroxyl groups is 1. The van der Waals surface area contributed by atoms with Crippen molar-refractivity contribution in [3.63, 3.8) is 0 Å². The number of rotatable bonds is 3. The zero-order valence-corrected chi connectivity index (χ0v) is 7.86. The van der Waals surface area contributed by atoms with Crippen molar-refractivity contribution in [2.45, 2.75) is 24.4 Å². The van der Waals surface area contributed by atoms with Gasteiger partial charge in [0.2, 0.25) is 0 Å². The molecule has 0 amide bonds. The largest absolute Gasteiger partial charge is 0.467 e. The van der Waals surface area contributed by atoms with Gasteiger partial charge in [0.05, 0.1) is 13.4 Å². The van der Waals surface area contributed by atoms with E-state index in [0.29, 0.717) is 0 Å². The van der Waals surface area contributed by atoms with Crippen molar-refractivity contribution < 1.29 is 14.6 Å². The highest BCUT2D eigenvalue weighted by Gasteiger charge is 2.54. The third kappa shape index (κ3) is 1.21. The highest BCUT2D eigenvalue weighted by Crippen LogP contribution is 2.50. The number of hydrogen-bond acceptors (Lipinski definition) is 4. The van der Waals surface area contributed by atoms with E-state index in [1.165, 1.54) is 7.11 Å². The van der Waals surface area contributed by atoms with Crippen LogP contribution in [0, 0.1) is 0 Å². The smallest absolute Gasteiger partial charge is 0.335 e. The number of aromatic nitrogens is 2. The van der Waals surface area contributed by atoms with E-state index in [2.05, 4.69) is 14.7 Å². The number of hydrogen-bond donors (Lipinski definition) is 2. The molecule has 1 fully saturated rings. The van der Waals surface area contributed by atoms with E-state index in [4.69, 9.17) is 0 Å². The van der Waals surface area contributed by atoms with E-state index in [1.54, 1.807) is 12.5 Å². The molecule has 1 heterocycles. The van der Waals surface area contributed by atoms with Gasteiger partial charge >= 0.3 is 5.97 Å². The average molecular weight is 196 g/mol. The lowest BCUT2D eigenvalue weighted by Crippen LogP contribution is -2.35. The fourth-order valence-corrected chi connectivity index (χ4v) is 1.69. The van der Waals surface area contributed by atoms with Crippen molar-refractivity contribution in [2.24, 2.45) is 0 Å². The summed E-state index contributed by atoms with van der Waals surface area (Å²) in [6, 6.07) is 0. The predicted octanol–water partition coefficient (Wildman–Crippen LogP) is -0.0248. The van der Waals surface area contributed by atoms with Crippen LogP contribution in [0.25, 0.3) is 0 Å². The lowest BCUT2D eigenvalue weighted by molar-refractivity contribution is -0.152. The second kappa shape index (κ2) is 3.09. The van der Waals surface area contributed by atoms with Crippen LogP contribution < -0.4 is 0 Å². The zero-order chi connectivity index (χ0) is 10.2. The lowest BCUT2D eigenvalue weighted by Gasteiger charge is -2.18. The van der Waals surface area contributed by atoms with E-state index in [9.17, 15) is 9.90 Å². The number of aliphatic hydroxyl groups excluding tert-OH is 1. The number of imidazole rings is 1. The van der Waals surface area contributed by atoms with Gasteiger partial charge in [-0.15, -0.1) is 0 Å². The number of carbonyl (C=O) groups is 1. The van der Waals surface area contributed by atoms with Crippen molar-refractivity contribution in [3.05, 3.63) is 18.2 Å². The van der Waals surface area contributed by atoms with Crippen LogP contribution in [0.3, 0.4) is 0 Å². The summed E-state index contributed by atoms with van der Waals surface area (Å²) in [6.07, 6.45) is 3.66. The summed E-state index contributed by atoms with van der Waals surface area (Å²) in [6.45, 7) is 0. The molecule has 14 heavy (non-hydrogen) atoms. The molecular formula is C9H12N2O3. The van der Waals surface area contributed by atoms with Crippen LogP contribution in [0.5, 0.6) is 0 Å². The van der Waals surface area contributed by atoms with Crippen LogP contribution in [-0.2, 0) is 14.9 Å². The minimum atomic E-state index is -1.09. The van der Waals surface area contributed by atoms with E-state index in [0.717, 1.165) is 18.5 Å². The SMILES string of the molecule is COC(=O)C(O)C1(c2cnc[nH]2)CC1. The summed E-state index contributed by atoms with van der Waals surface area (Å²) >= 11 is 0. The number of methoxy groups -OCH3 is 1. The Hall–Kier alpha value is -1.36. The third-order valence-electron chi connectivity index (χ3n) is 2.77. The second-order valence-electron chi connectivity index (χ2n) is 3.55. The molecule has 0 aliphatic heterocycles. The van der Waals surface area contributed by atoms with Gasteiger partial charge in [0.1, 0.15) is 0 Å². The molecule has 1 aromatic rings. The summed E-state index contributed by atoms with van der Waals surface area (Å²) in [5, 5.41) is 9.76. The molecule has 0 spiro atoms. The van der Waals surface area contributed by atoms with Crippen LogP contribution in [0.2, 0.25) is 0 Å². The van der Waals surface area contributed by atoms with Gasteiger partial charge in [-0.25, -0.2) is 9.78 Å². The Bertz CT molecular complexity index is 330. The standard InChI is InChI=1S/C9H12N2O3/c1-14-8(13)7(12)9(2-3-9)6-4-10-5-11-6/h4-5,7,12H,2-3H2,1H3,(H,10,11). The molecular weight excluding hydrogens is 184 g/mol. The molecule has 0 radical (unpaired) electrons. The molecule has 2 rings (SSSR count). The summed E-state index contributed by atoms with van der Waals surface area (Å²) in [5.41, 5.74) is 0.319. The summed E-state index contributed by atoms with van der Waals surface area (Å²) in [5.74, 6) is -0.586. The molecule has 5 heteroatoms. The number of nitrogens with zero attached hydrogens (tertiary/aromatic N) is 1. The molecule has 1 atom stereocenters. The number of aromatic amines is 1. The van der Waals surface area contributed by atoms with E-state index < -0.39 is 17.5 Å². The van der Waals surface area contributed by atoms with Gasteiger partial charge in [0.25, 0.3) is 0 Å². The van der Waals surface area contributed by atoms with Crippen LogP contribution >= 0.6 is 0 Å².